The minimum absolute atomic E-state index is 0.0247. The Morgan fingerprint density at radius 2 is 1.69 bits per heavy atom. The first-order valence-corrected chi connectivity index (χ1v) is 9.41. The fourth-order valence-electron chi connectivity index (χ4n) is 3.07. The zero-order chi connectivity index (χ0) is 21.1. The SMILES string of the molecule is Cc1ccc(NC(=O)c2nnn(CC(=O)Nc3cccc(C)c3C)c2C)c(C)c1. The molecule has 0 aliphatic carbocycles. The van der Waals surface area contributed by atoms with Gasteiger partial charge in [-0.25, -0.2) is 4.68 Å². The second-order valence-electron chi connectivity index (χ2n) is 7.25. The minimum atomic E-state index is -0.351. The van der Waals surface area contributed by atoms with E-state index in [2.05, 4.69) is 20.9 Å². The number of hydrogen-bond acceptors (Lipinski definition) is 4. The molecule has 0 radical (unpaired) electrons. The third-order valence-electron chi connectivity index (χ3n) is 5.00. The van der Waals surface area contributed by atoms with Gasteiger partial charge in [0, 0.05) is 11.4 Å². The first-order valence-electron chi connectivity index (χ1n) is 9.41. The van der Waals surface area contributed by atoms with Gasteiger partial charge < -0.3 is 10.6 Å². The number of hydrogen-bond donors (Lipinski definition) is 2. The van der Waals surface area contributed by atoms with Crippen LogP contribution in [0, 0.1) is 34.6 Å². The Hall–Kier alpha value is -3.48. The summed E-state index contributed by atoms with van der Waals surface area (Å²) in [5.41, 5.74) is 6.43. The highest BCUT2D eigenvalue weighted by atomic mass is 16.2. The lowest BCUT2D eigenvalue weighted by Gasteiger charge is -2.11. The van der Waals surface area contributed by atoms with Crippen molar-refractivity contribution < 1.29 is 9.59 Å². The molecule has 1 heterocycles. The van der Waals surface area contributed by atoms with Crippen LogP contribution in [0.3, 0.4) is 0 Å². The molecule has 0 aliphatic heterocycles. The Morgan fingerprint density at radius 3 is 2.41 bits per heavy atom. The number of aromatic nitrogens is 3. The lowest BCUT2D eigenvalue weighted by Crippen LogP contribution is -2.21. The van der Waals surface area contributed by atoms with Gasteiger partial charge in [0.25, 0.3) is 5.91 Å². The molecule has 0 unspecified atom stereocenters. The van der Waals surface area contributed by atoms with Gasteiger partial charge in [-0.05, 0) is 63.4 Å². The van der Waals surface area contributed by atoms with Crippen LogP contribution in [0.15, 0.2) is 36.4 Å². The van der Waals surface area contributed by atoms with E-state index < -0.39 is 0 Å². The Bertz CT molecular complexity index is 1080. The van der Waals surface area contributed by atoms with Gasteiger partial charge in [-0.3, -0.25) is 9.59 Å². The van der Waals surface area contributed by atoms with E-state index in [9.17, 15) is 9.59 Å². The zero-order valence-corrected chi connectivity index (χ0v) is 17.3. The molecule has 2 aromatic carbocycles. The number of nitrogens with one attached hydrogen (secondary N) is 2. The van der Waals surface area contributed by atoms with Crippen molar-refractivity contribution in [3.63, 3.8) is 0 Å². The lowest BCUT2D eigenvalue weighted by molar-refractivity contribution is -0.117. The van der Waals surface area contributed by atoms with Crippen LogP contribution in [-0.4, -0.2) is 26.8 Å². The molecule has 29 heavy (non-hydrogen) atoms. The molecule has 3 aromatic rings. The fraction of sp³-hybridized carbons (Fsp3) is 0.273. The molecule has 3 rings (SSSR count). The van der Waals surface area contributed by atoms with E-state index in [-0.39, 0.29) is 24.1 Å². The summed E-state index contributed by atoms with van der Waals surface area (Å²) in [5.74, 6) is -0.580. The van der Waals surface area contributed by atoms with Gasteiger partial charge in [0.15, 0.2) is 5.69 Å². The van der Waals surface area contributed by atoms with Crippen molar-refractivity contribution in [2.45, 2.75) is 41.2 Å². The van der Waals surface area contributed by atoms with E-state index >= 15 is 0 Å². The second-order valence-corrected chi connectivity index (χ2v) is 7.25. The number of carbonyl (C=O) groups is 2. The van der Waals surface area contributed by atoms with Crippen LogP contribution in [0.5, 0.6) is 0 Å². The highest BCUT2D eigenvalue weighted by Crippen LogP contribution is 2.19. The molecule has 0 fully saturated rings. The molecule has 7 nitrogen and oxygen atoms in total. The van der Waals surface area contributed by atoms with Crippen molar-refractivity contribution in [1.29, 1.82) is 0 Å². The maximum atomic E-state index is 12.6. The quantitative estimate of drug-likeness (QED) is 0.694. The molecule has 2 N–H and O–H groups in total. The molecule has 150 valence electrons. The van der Waals surface area contributed by atoms with Crippen molar-refractivity contribution in [3.05, 3.63) is 70.0 Å². The third kappa shape index (κ3) is 4.51. The Morgan fingerprint density at radius 1 is 0.931 bits per heavy atom. The molecule has 0 saturated carbocycles. The van der Waals surface area contributed by atoms with Gasteiger partial charge in [-0.2, -0.15) is 0 Å². The maximum Gasteiger partial charge on any atom is 0.278 e. The van der Waals surface area contributed by atoms with E-state index in [0.717, 1.165) is 33.6 Å². The van der Waals surface area contributed by atoms with Crippen LogP contribution in [-0.2, 0) is 11.3 Å². The standard InChI is InChI=1S/C22H25N5O2/c1-13-9-10-18(15(3)11-13)24-22(29)21-17(5)27(26-25-21)12-20(28)23-19-8-6-7-14(2)16(19)4/h6-11H,12H2,1-5H3,(H,23,28)(H,24,29). The number of carbonyl (C=O) groups excluding carboxylic acids is 2. The van der Waals surface area contributed by atoms with Crippen molar-refractivity contribution in [2.75, 3.05) is 10.6 Å². The molecule has 7 heteroatoms. The first kappa shape index (κ1) is 20.3. The van der Waals surface area contributed by atoms with Crippen molar-refractivity contribution in [3.8, 4) is 0 Å². The summed E-state index contributed by atoms with van der Waals surface area (Å²) in [6.45, 7) is 9.58. The molecule has 0 atom stereocenters. The topological polar surface area (TPSA) is 88.9 Å². The predicted molar refractivity (Wildman–Crippen MR) is 113 cm³/mol. The van der Waals surface area contributed by atoms with Crippen molar-refractivity contribution >= 4 is 23.2 Å². The normalized spacial score (nSPS) is 10.7. The monoisotopic (exact) mass is 391 g/mol. The number of rotatable bonds is 5. The summed E-state index contributed by atoms with van der Waals surface area (Å²) in [4.78, 5) is 25.1. The van der Waals surface area contributed by atoms with Gasteiger partial charge in [0.2, 0.25) is 5.91 Å². The van der Waals surface area contributed by atoms with Crippen LogP contribution in [0.25, 0.3) is 0 Å². The predicted octanol–water partition coefficient (Wildman–Crippen LogP) is 3.71. The van der Waals surface area contributed by atoms with Gasteiger partial charge in [0.1, 0.15) is 6.54 Å². The largest absolute Gasteiger partial charge is 0.324 e. The molecule has 2 amide bonds. The summed E-state index contributed by atoms with van der Waals surface area (Å²) in [7, 11) is 0. The molecular weight excluding hydrogens is 366 g/mol. The highest BCUT2D eigenvalue weighted by Gasteiger charge is 2.19. The van der Waals surface area contributed by atoms with E-state index in [1.165, 1.54) is 4.68 Å². The van der Waals surface area contributed by atoms with Crippen molar-refractivity contribution in [1.82, 2.24) is 15.0 Å². The van der Waals surface area contributed by atoms with E-state index in [0.29, 0.717) is 5.69 Å². The van der Waals surface area contributed by atoms with Gasteiger partial charge in [-0.15, -0.1) is 5.10 Å². The number of aryl methyl sites for hydroxylation is 3. The molecular formula is C22H25N5O2. The first-order chi connectivity index (χ1) is 13.8. The summed E-state index contributed by atoms with van der Waals surface area (Å²) >= 11 is 0. The summed E-state index contributed by atoms with van der Waals surface area (Å²) in [6.07, 6.45) is 0. The molecule has 1 aromatic heterocycles. The summed E-state index contributed by atoms with van der Waals surface area (Å²) in [5, 5.41) is 13.7. The van der Waals surface area contributed by atoms with Gasteiger partial charge >= 0.3 is 0 Å². The van der Waals surface area contributed by atoms with E-state index in [4.69, 9.17) is 0 Å². The minimum Gasteiger partial charge on any atom is -0.324 e. The van der Waals surface area contributed by atoms with Crippen LogP contribution in [0.4, 0.5) is 11.4 Å². The van der Waals surface area contributed by atoms with Crippen LogP contribution >= 0.6 is 0 Å². The average molecular weight is 391 g/mol. The number of nitrogens with zero attached hydrogens (tertiary/aromatic N) is 3. The fourth-order valence-corrected chi connectivity index (χ4v) is 3.07. The summed E-state index contributed by atoms with van der Waals surface area (Å²) in [6, 6.07) is 11.5. The van der Waals surface area contributed by atoms with Crippen LogP contribution < -0.4 is 10.6 Å². The van der Waals surface area contributed by atoms with Gasteiger partial charge in [0.05, 0.1) is 5.69 Å². The zero-order valence-electron chi connectivity index (χ0n) is 17.3. The molecule has 0 aliphatic rings. The van der Waals surface area contributed by atoms with Crippen LogP contribution in [0.2, 0.25) is 0 Å². The van der Waals surface area contributed by atoms with Crippen LogP contribution in [0.1, 0.15) is 38.4 Å². The molecule has 0 bridgehead atoms. The second kappa shape index (κ2) is 8.26. The van der Waals surface area contributed by atoms with Gasteiger partial charge in [-0.1, -0.05) is 35.0 Å². The summed E-state index contributed by atoms with van der Waals surface area (Å²) < 4.78 is 1.43. The Kier molecular flexibility index (Phi) is 5.77. The number of amides is 2. The Balaban J connectivity index is 1.70. The number of benzene rings is 2. The van der Waals surface area contributed by atoms with Crippen molar-refractivity contribution in [2.24, 2.45) is 0 Å². The average Bonchev–Trinajstić information content (AvgIpc) is 3.02. The van der Waals surface area contributed by atoms with E-state index in [1.807, 2.05) is 64.1 Å². The lowest BCUT2D eigenvalue weighted by atomic mass is 10.1. The maximum absolute atomic E-state index is 12.6. The highest BCUT2D eigenvalue weighted by molar-refractivity contribution is 6.04. The third-order valence-corrected chi connectivity index (χ3v) is 5.00. The molecule has 0 spiro atoms. The molecule has 0 saturated heterocycles. The Labute approximate surface area is 170 Å². The smallest absolute Gasteiger partial charge is 0.278 e. The number of anilines is 2. The van der Waals surface area contributed by atoms with E-state index in [1.54, 1.807) is 6.92 Å².